The molecule has 0 radical (unpaired) electrons. The Morgan fingerprint density at radius 3 is 2.45 bits per heavy atom. The van der Waals surface area contributed by atoms with E-state index in [1.165, 1.54) is 0 Å². The van der Waals surface area contributed by atoms with E-state index in [2.05, 4.69) is 30.3 Å². The maximum atomic E-state index is 4.00. The first-order valence-electron chi connectivity index (χ1n) is 3.65. The Bertz CT molecular complexity index is 192. The Hall–Kier alpha value is -0.500. The van der Waals surface area contributed by atoms with Gasteiger partial charge in [-0.3, -0.25) is 0 Å². The fourth-order valence-corrected chi connectivity index (χ4v) is 0.800. The molecule has 3 heteroatoms. The summed E-state index contributed by atoms with van der Waals surface area (Å²) in [6.07, 6.45) is 6.81. The van der Waals surface area contributed by atoms with Crippen LogP contribution in [0.3, 0.4) is 0 Å². The largest absolute Gasteiger partial charge is 0.332 e. The summed E-state index contributed by atoms with van der Waals surface area (Å²) in [7, 11) is 0. The van der Waals surface area contributed by atoms with Gasteiger partial charge < -0.3 is 4.57 Å². The van der Waals surface area contributed by atoms with E-state index >= 15 is 0 Å². The zero-order chi connectivity index (χ0) is 7.61. The van der Waals surface area contributed by atoms with Crippen molar-refractivity contribution in [1.29, 1.82) is 0 Å². The Morgan fingerprint density at radius 2 is 2.09 bits per heavy atom. The van der Waals surface area contributed by atoms with Crippen LogP contribution >= 0.6 is 12.4 Å². The van der Waals surface area contributed by atoms with Gasteiger partial charge in [-0.25, -0.2) is 4.98 Å². The first kappa shape index (κ1) is 10.5. The maximum absolute atomic E-state index is 4.00. The van der Waals surface area contributed by atoms with Gasteiger partial charge in [-0.05, 0) is 20.3 Å². The molecule has 0 amide bonds. The zero-order valence-electron chi connectivity index (χ0n) is 7.24. The van der Waals surface area contributed by atoms with Gasteiger partial charge in [0.05, 0.1) is 6.33 Å². The summed E-state index contributed by atoms with van der Waals surface area (Å²) in [5.41, 5.74) is 0.219. The predicted octanol–water partition coefficient (Wildman–Crippen LogP) is 2.45. The molecule has 1 heterocycles. The first-order valence-corrected chi connectivity index (χ1v) is 3.65. The number of imidazole rings is 1. The molecule has 0 bridgehead atoms. The number of aromatic nitrogens is 2. The van der Waals surface area contributed by atoms with Crippen molar-refractivity contribution in [2.75, 3.05) is 0 Å². The molecule has 0 aliphatic heterocycles. The number of hydrogen-bond donors (Lipinski definition) is 0. The summed E-state index contributed by atoms with van der Waals surface area (Å²) in [5, 5.41) is 0. The van der Waals surface area contributed by atoms with E-state index in [1.807, 2.05) is 18.7 Å². The highest BCUT2D eigenvalue weighted by Crippen LogP contribution is 2.17. The van der Waals surface area contributed by atoms with E-state index < -0.39 is 0 Å². The lowest BCUT2D eigenvalue weighted by Crippen LogP contribution is -2.23. The van der Waals surface area contributed by atoms with Crippen molar-refractivity contribution in [3.8, 4) is 0 Å². The molecule has 0 saturated heterocycles. The van der Waals surface area contributed by atoms with Crippen LogP contribution in [0.1, 0.15) is 27.2 Å². The summed E-state index contributed by atoms with van der Waals surface area (Å²) in [5.74, 6) is 0. The molecule has 0 spiro atoms. The molecule has 0 fully saturated rings. The quantitative estimate of drug-likeness (QED) is 0.674. The fraction of sp³-hybridized carbons (Fsp3) is 0.625. The third-order valence-electron chi connectivity index (χ3n) is 2.07. The van der Waals surface area contributed by atoms with E-state index in [-0.39, 0.29) is 17.9 Å². The van der Waals surface area contributed by atoms with Gasteiger partial charge in [-0.2, -0.15) is 0 Å². The van der Waals surface area contributed by atoms with Crippen molar-refractivity contribution in [3.05, 3.63) is 18.7 Å². The highest BCUT2D eigenvalue weighted by molar-refractivity contribution is 5.85. The molecule has 1 rings (SSSR count). The van der Waals surface area contributed by atoms with Crippen molar-refractivity contribution >= 4 is 12.4 Å². The average molecular weight is 175 g/mol. The Morgan fingerprint density at radius 1 is 1.45 bits per heavy atom. The second kappa shape index (κ2) is 3.77. The lowest BCUT2D eigenvalue weighted by molar-refractivity contribution is 0.342. The fourth-order valence-electron chi connectivity index (χ4n) is 0.800. The Kier molecular flexibility index (Phi) is 3.59. The monoisotopic (exact) mass is 174 g/mol. The molecule has 0 atom stereocenters. The van der Waals surface area contributed by atoms with E-state index in [9.17, 15) is 0 Å². The molecule has 0 N–H and O–H groups in total. The van der Waals surface area contributed by atoms with Crippen LogP contribution in [0.4, 0.5) is 0 Å². The number of nitrogens with zero attached hydrogens (tertiary/aromatic N) is 2. The molecule has 0 unspecified atom stereocenters. The van der Waals surface area contributed by atoms with Crippen molar-refractivity contribution in [3.63, 3.8) is 0 Å². The summed E-state index contributed by atoms with van der Waals surface area (Å²) in [6, 6.07) is 0. The van der Waals surface area contributed by atoms with Crippen LogP contribution in [-0.2, 0) is 5.54 Å². The summed E-state index contributed by atoms with van der Waals surface area (Å²) >= 11 is 0. The standard InChI is InChI=1S/C8H14N2.ClH/c1-4-8(2,3)10-6-5-9-7-10;/h5-7H,4H2,1-3H3;1H. The third kappa shape index (κ3) is 2.22. The molecule has 11 heavy (non-hydrogen) atoms. The molecule has 0 aliphatic carbocycles. The number of halogens is 1. The van der Waals surface area contributed by atoms with Crippen LogP contribution in [-0.4, -0.2) is 9.55 Å². The molecule has 0 saturated carbocycles. The van der Waals surface area contributed by atoms with Crippen LogP contribution in [0.25, 0.3) is 0 Å². The second-order valence-electron chi connectivity index (χ2n) is 3.14. The minimum Gasteiger partial charge on any atom is -0.332 e. The third-order valence-corrected chi connectivity index (χ3v) is 2.07. The minimum atomic E-state index is 0. The van der Waals surface area contributed by atoms with E-state index in [0.717, 1.165) is 6.42 Å². The first-order chi connectivity index (χ1) is 4.67. The highest BCUT2D eigenvalue weighted by Gasteiger charge is 2.15. The van der Waals surface area contributed by atoms with Crippen LogP contribution in [0.2, 0.25) is 0 Å². The zero-order valence-corrected chi connectivity index (χ0v) is 8.06. The van der Waals surface area contributed by atoms with Crippen molar-refractivity contribution < 1.29 is 0 Å². The van der Waals surface area contributed by atoms with Gasteiger partial charge in [0.15, 0.2) is 0 Å². The van der Waals surface area contributed by atoms with Gasteiger partial charge >= 0.3 is 0 Å². The van der Waals surface area contributed by atoms with E-state index in [4.69, 9.17) is 0 Å². The summed E-state index contributed by atoms with van der Waals surface area (Å²) in [6.45, 7) is 6.59. The lowest BCUT2D eigenvalue weighted by Gasteiger charge is -2.24. The van der Waals surface area contributed by atoms with Gasteiger partial charge in [0.25, 0.3) is 0 Å². The van der Waals surface area contributed by atoms with Crippen LogP contribution in [0.5, 0.6) is 0 Å². The van der Waals surface area contributed by atoms with Gasteiger partial charge in [-0.1, -0.05) is 6.92 Å². The summed E-state index contributed by atoms with van der Waals surface area (Å²) in [4.78, 5) is 4.00. The number of rotatable bonds is 2. The normalized spacial score (nSPS) is 10.8. The topological polar surface area (TPSA) is 17.8 Å². The molecule has 0 aliphatic rings. The molecule has 1 aromatic rings. The van der Waals surface area contributed by atoms with Crippen LogP contribution < -0.4 is 0 Å². The van der Waals surface area contributed by atoms with Gasteiger partial charge in [-0.15, -0.1) is 12.4 Å². The molecular formula is C8H15ClN2. The molecule has 0 aromatic carbocycles. The van der Waals surface area contributed by atoms with Gasteiger partial charge in [0.2, 0.25) is 0 Å². The molecule has 2 nitrogen and oxygen atoms in total. The smallest absolute Gasteiger partial charge is 0.0950 e. The van der Waals surface area contributed by atoms with E-state index in [0.29, 0.717) is 0 Å². The van der Waals surface area contributed by atoms with Gasteiger partial charge in [0.1, 0.15) is 0 Å². The molecule has 1 aromatic heterocycles. The van der Waals surface area contributed by atoms with Crippen LogP contribution in [0, 0.1) is 0 Å². The lowest BCUT2D eigenvalue weighted by atomic mass is 10.0. The summed E-state index contributed by atoms with van der Waals surface area (Å²) < 4.78 is 2.13. The van der Waals surface area contributed by atoms with Crippen molar-refractivity contribution in [2.45, 2.75) is 32.7 Å². The maximum Gasteiger partial charge on any atom is 0.0950 e. The minimum absolute atomic E-state index is 0. The molecule has 64 valence electrons. The number of hydrogen-bond acceptors (Lipinski definition) is 1. The van der Waals surface area contributed by atoms with Crippen molar-refractivity contribution in [2.24, 2.45) is 0 Å². The van der Waals surface area contributed by atoms with Crippen molar-refractivity contribution in [1.82, 2.24) is 9.55 Å². The Labute approximate surface area is 74.0 Å². The highest BCUT2D eigenvalue weighted by atomic mass is 35.5. The average Bonchev–Trinajstić information content (AvgIpc) is 2.38. The molecular weight excluding hydrogens is 160 g/mol. The van der Waals surface area contributed by atoms with Crippen LogP contribution in [0.15, 0.2) is 18.7 Å². The van der Waals surface area contributed by atoms with Gasteiger partial charge in [0, 0.05) is 17.9 Å². The SMILES string of the molecule is CCC(C)(C)n1ccnc1.Cl. The predicted molar refractivity (Wildman–Crippen MR) is 49.1 cm³/mol. The second-order valence-corrected chi connectivity index (χ2v) is 3.14. The Balaban J connectivity index is 0.000001000. The van der Waals surface area contributed by atoms with E-state index in [1.54, 1.807) is 0 Å².